The summed E-state index contributed by atoms with van der Waals surface area (Å²) in [6.07, 6.45) is 1.48. The first kappa shape index (κ1) is 18.4. The van der Waals surface area contributed by atoms with E-state index >= 15 is 0 Å². The van der Waals surface area contributed by atoms with Crippen molar-refractivity contribution in [1.82, 2.24) is 14.2 Å². The Hall–Kier alpha value is -1.41. The average Bonchev–Trinajstić information content (AvgIpc) is 2.63. The Bertz CT molecular complexity index is 787. The van der Waals surface area contributed by atoms with Gasteiger partial charge in [0.25, 0.3) is 0 Å². The van der Waals surface area contributed by atoms with Crippen LogP contribution in [-0.2, 0) is 10.0 Å². The van der Waals surface area contributed by atoms with Gasteiger partial charge in [-0.3, -0.25) is 0 Å². The van der Waals surface area contributed by atoms with Crippen molar-refractivity contribution in [3.05, 3.63) is 54.2 Å². The van der Waals surface area contributed by atoms with Gasteiger partial charge < -0.3 is 4.90 Å². The van der Waals surface area contributed by atoms with Crippen molar-refractivity contribution in [3.63, 3.8) is 0 Å². The van der Waals surface area contributed by atoms with Crippen LogP contribution in [0.4, 0.5) is 0 Å². The molecule has 25 heavy (non-hydrogen) atoms. The molecule has 1 unspecified atom stereocenters. The van der Waals surface area contributed by atoms with Crippen molar-refractivity contribution in [1.29, 1.82) is 0 Å². The summed E-state index contributed by atoms with van der Waals surface area (Å²) in [5.74, 6) is 0. The lowest BCUT2D eigenvalue weighted by Gasteiger charge is -2.31. The zero-order valence-corrected chi connectivity index (χ0v) is 16.1. The maximum Gasteiger partial charge on any atom is 0.244 e. The molecule has 1 aromatic heterocycles. The Morgan fingerprint density at radius 1 is 1.04 bits per heavy atom. The molecule has 0 bridgehead atoms. The third-order valence-electron chi connectivity index (χ3n) is 4.38. The molecule has 2 heterocycles. The molecule has 3 rings (SSSR count). The first-order chi connectivity index (χ1) is 12.0. The van der Waals surface area contributed by atoms with Crippen molar-refractivity contribution in [2.24, 2.45) is 0 Å². The quantitative estimate of drug-likeness (QED) is 0.750. The average molecular weight is 378 g/mol. The van der Waals surface area contributed by atoms with Gasteiger partial charge in [0.1, 0.15) is 4.90 Å². The minimum Gasteiger partial charge on any atom is -0.304 e. The number of sulfonamides is 1. The lowest BCUT2D eigenvalue weighted by atomic mass is 10.2. The highest BCUT2D eigenvalue weighted by atomic mass is 32.2. The summed E-state index contributed by atoms with van der Waals surface area (Å²) in [6.45, 7) is 4.70. The third kappa shape index (κ3) is 4.41. The lowest BCUT2D eigenvalue weighted by Crippen LogP contribution is -2.47. The molecule has 1 aromatic carbocycles. The first-order valence-electron chi connectivity index (χ1n) is 8.33. The number of piperazine rings is 1. The molecule has 0 N–H and O–H groups in total. The van der Waals surface area contributed by atoms with Gasteiger partial charge >= 0.3 is 0 Å². The van der Waals surface area contributed by atoms with Crippen molar-refractivity contribution < 1.29 is 8.42 Å². The molecular formula is C18H23N3O2S2. The van der Waals surface area contributed by atoms with E-state index in [-0.39, 0.29) is 10.1 Å². The Morgan fingerprint density at radius 3 is 2.32 bits per heavy atom. The second-order valence-electron chi connectivity index (χ2n) is 6.21. The van der Waals surface area contributed by atoms with Crippen LogP contribution in [0.25, 0.3) is 0 Å². The second kappa shape index (κ2) is 7.86. The van der Waals surface area contributed by atoms with Gasteiger partial charge in [0.15, 0.2) is 0 Å². The fraction of sp³-hybridized carbons (Fsp3) is 0.389. The molecule has 7 heteroatoms. The highest BCUT2D eigenvalue weighted by Crippen LogP contribution is 2.33. The van der Waals surface area contributed by atoms with Gasteiger partial charge in [-0.1, -0.05) is 42.1 Å². The van der Waals surface area contributed by atoms with Crippen LogP contribution < -0.4 is 0 Å². The lowest BCUT2D eigenvalue weighted by molar-refractivity contribution is 0.222. The standard InChI is InChI=1S/C18H23N3O2S2/c1-15(16-6-4-3-5-7-16)24-18-9-8-17(14-19-18)25(22,23)21-12-10-20(2)11-13-21/h3-9,14-15H,10-13H2,1-2H3. The monoisotopic (exact) mass is 377 g/mol. The molecule has 5 nitrogen and oxygen atoms in total. The van der Waals surface area contributed by atoms with Crippen molar-refractivity contribution in [3.8, 4) is 0 Å². The van der Waals surface area contributed by atoms with Crippen molar-refractivity contribution >= 4 is 21.8 Å². The van der Waals surface area contributed by atoms with Crippen LogP contribution in [-0.4, -0.2) is 55.8 Å². The fourth-order valence-electron chi connectivity index (χ4n) is 2.74. The fourth-order valence-corrected chi connectivity index (χ4v) is 5.02. The molecule has 1 aliphatic heterocycles. The summed E-state index contributed by atoms with van der Waals surface area (Å²) >= 11 is 1.63. The number of nitrogens with zero attached hydrogens (tertiary/aromatic N) is 3. The predicted octanol–water partition coefficient (Wildman–Crippen LogP) is 2.87. The van der Waals surface area contributed by atoms with Crippen LogP contribution in [0.15, 0.2) is 58.6 Å². The zero-order chi connectivity index (χ0) is 17.9. The SMILES string of the molecule is CC(Sc1ccc(S(=O)(=O)N2CCN(C)CC2)cn1)c1ccccc1. The van der Waals surface area contributed by atoms with E-state index in [4.69, 9.17) is 0 Å². The third-order valence-corrected chi connectivity index (χ3v) is 7.37. The molecular weight excluding hydrogens is 354 g/mol. The largest absolute Gasteiger partial charge is 0.304 e. The van der Waals surface area contributed by atoms with Gasteiger partial charge in [-0.2, -0.15) is 4.31 Å². The molecule has 1 atom stereocenters. The number of aromatic nitrogens is 1. The molecule has 1 aliphatic rings. The summed E-state index contributed by atoms with van der Waals surface area (Å²) in [5, 5.41) is 1.09. The molecule has 2 aromatic rings. The summed E-state index contributed by atoms with van der Waals surface area (Å²) in [7, 11) is -1.44. The molecule has 0 spiro atoms. The minimum absolute atomic E-state index is 0.258. The minimum atomic E-state index is -3.45. The summed E-state index contributed by atoms with van der Waals surface area (Å²) < 4.78 is 27.0. The Kier molecular flexibility index (Phi) is 5.78. The summed E-state index contributed by atoms with van der Waals surface area (Å²) in [5.41, 5.74) is 1.23. The van der Waals surface area contributed by atoms with E-state index in [2.05, 4.69) is 28.9 Å². The molecule has 134 valence electrons. The Morgan fingerprint density at radius 2 is 1.72 bits per heavy atom. The summed E-state index contributed by atoms with van der Waals surface area (Å²) in [6, 6.07) is 13.7. The Labute approximate surface area is 154 Å². The van der Waals surface area contributed by atoms with Crippen molar-refractivity contribution in [2.75, 3.05) is 33.2 Å². The van der Waals surface area contributed by atoms with Gasteiger partial charge in [0.2, 0.25) is 10.0 Å². The number of hydrogen-bond acceptors (Lipinski definition) is 5. The summed E-state index contributed by atoms with van der Waals surface area (Å²) in [4.78, 5) is 6.77. The molecule has 0 radical (unpaired) electrons. The molecule has 0 amide bonds. The van der Waals surface area contributed by atoms with Crippen LogP contribution in [0.2, 0.25) is 0 Å². The Balaban J connectivity index is 1.69. The second-order valence-corrected chi connectivity index (χ2v) is 9.51. The number of hydrogen-bond donors (Lipinski definition) is 0. The highest BCUT2D eigenvalue weighted by Gasteiger charge is 2.27. The molecule has 0 aliphatic carbocycles. The maximum absolute atomic E-state index is 12.7. The van der Waals surface area contributed by atoms with Gasteiger partial charge in [-0.25, -0.2) is 13.4 Å². The number of likely N-dealkylation sites (N-methyl/N-ethyl adjacent to an activating group) is 1. The molecule has 0 saturated carbocycles. The van der Waals surface area contributed by atoms with E-state index < -0.39 is 10.0 Å². The van der Waals surface area contributed by atoms with Crippen molar-refractivity contribution in [2.45, 2.75) is 22.1 Å². The van der Waals surface area contributed by atoms with Crippen LogP contribution >= 0.6 is 11.8 Å². The first-order valence-corrected chi connectivity index (χ1v) is 10.6. The predicted molar refractivity (Wildman–Crippen MR) is 101 cm³/mol. The molecule has 1 saturated heterocycles. The smallest absolute Gasteiger partial charge is 0.244 e. The van der Waals surface area contributed by atoms with E-state index in [1.165, 1.54) is 11.8 Å². The van der Waals surface area contributed by atoms with Gasteiger partial charge in [-0.05, 0) is 31.7 Å². The number of benzene rings is 1. The highest BCUT2D eigenvalue weighted by molar-refractivity contribution is 7.99. The zero-order valence-electron chi connectivity index (χ0n) is 14.5. The van der Waals surface area contributed by atoms with E-state index in [1.807, 2.05) is 25.2 Å². The van der Waals surface area contributed by atoms with Gasteiger partial charge in [-0.15, -0.1) is 0 Å². The van der Waals surface area contributed by atoms with E-state index in [9.17, 15) is 8.42 Å². The van der Waals surface area contributed by atoms with Crippen LogP contribution in [0.3, 0.4) is 0 Å². The van der Waals surface area contributed by atoms with E-state index in [0.29, 0.717) is 13.1 Å². The maximum atomic E-state index is 12.7. The normalized spacial score (nSPS) is 18.2. The van der Waals surface area contributed by atoms with E-state index in [1.54, 1.807) is 28.2 Å². The van der Waals surface area contributed by atoms with Crippen LogP contribution in [0, 0.1) is 0 Å². The topological polar surface area (TPSA) is 53.5 Å². The van der Waals surface area contributed by atoms with Gasteiger partial charge in [0.05, 0.1) is 5.03 Å². The number of rotatable bonds is 5. The number of pyridine rings is 1. The van der Waals surface area contributed by atoms with Crippen LogP contribution in [0.5, 0.6) is 0 Å². The number of thioether (sulfide) groups is 1. The van der Waals surface area contributed by atoms with Gasteiger partial charge in [0, 0.05) is 37.6 Å². The molecule has 1 fully saturated rings. The van der Waals surface area contributed by atoms with E-state index in [0.717, 1.165) is 18.1 Å². The van der Waals surface area contributed by atoms with Crippen LogP contribution in [0.1, 0.15) is 17.7 Å².